The minimum atomic E-state index is -0.250. The highest BCUT2D eigenvalue weighted by atomic mass is 16.5. The van der Waals surface area contributed by atoms with E-state index >= 15 is 0 Å². The van der Waals surface area contributed by atoms with E-state index in [1.807, 2.05) is 50.2 Å². The van der Waals surface area contributed by atoms with Crippen molar-refractivity contribution in [3.63, 3.8) is 0 Å². The van der Waals surface area contributed by atoms with E-state index in [1.165, 1.54) is 10.8 Å². The summed E-state index contributed by atoms with van der Waals surface area (Å²) in [7, 11) is 1.61. The lowest BCUT2D eigenvalue weighted by Gasteiger charge is -2.10. The predicted molar refractivity (Wildman–Crippen MR) is 137 cm³/mol. The Morgan fingerprint density at radius 1 is 1.00 bits per heavy atom. The molecule has 1 N–H and O–H groups in total. The fourth-order valence-electron chi connectivity index (χ4n) is 4.16. The summed E-state index contributed by atoms with van der Waals surface area (Å²) >= 11 is 0. The van der Waals surface area contributed by atoms with Crippen LogP contribution in [0.3, 0.4) is 0 Å². The van der Waals surface area contributed by atoms with Crippen LogP contribution in [0.4, 0.5) is 5.82 Å². The summed E-state index contributed by atoms with van der Waals surface area (Å²) < 4.78 is 11.5. The van der Waals surface area contributed by atoms with Crippen molar-refractivity contribution in [3.05, 3.63) is 96.4 Å². The molecule has 0 saturated heterocycles. The third kappa shape index (κ3) is 4.16. The van der Waals surface area contributed by atoms with Crippen LogP contribution >= 0.6 is 0 Å². The van der Waals surface area contributed by atoms with E-state index in [4.69, 9.17) is 9.15 Å². The maximum Gasteiger partial charge on any atom is 0.249 e. The maximum atomic E-state index is 12.6. The van der Waals surface area contributed by atoms with Crippen LogP contribution in [0.15, 0.2) is 89.6 Å². The molecule has 5 aromatic rings. The van der Waals surface area contributed by atoms with Gasteiger partial charge in [0.25, 0.3) is 0 Å². The highest BCUT2D eigenvalue weighted by molar-refractivity contribution is 6.05. The minimum Gasteiger partial charge on any atom is -0.496 e. The number of allylic oxidation sites excluding steroid dienone is 1. The number of methoxy groups -OCH3 is 1. The summed E-state index contributed by atoms with van der Waals surface area (Å²) in [4.78, 5) is 17.0. The van der Waals surface area contributed by atoms with Gasteiger partial charge in [-0.25, -0.2) is 4.98 Å². The molecule has 5 nitrogen and oxygen atoms in total. The van der Waals surface area contributed by atoms with Gasteiger partial charge in [0.05, 0.1) is 13.4 Å². The molecule has 1 amide bonds. The Morgan fingerprint density at radius 2 is 1.82 bits per heavy atom. The zero-order valence-electron chi connectivity index (χ0n) is 19.3. The van der Waals surface area contributed by atoms with Crippen LogP contribution in [0.25, 0.3) is 38.4 Å². The molecule has 0 aliphatic heterocycles. The second-order valence-electron chi connectivity index (χ2n) is 8.24. The molecule has 0 aliphatic carbocycles. The molecule has 0 atom stereocenters. The van der Waals surface area contributed by atoms with Crippen molar-refractivity contribution in [1.82, 2.24) is 4.98 Å². The number of pyridine rings is 1. The van der Waals surface area contributed by atoms with Gasteiger partial charge in [0.1, 0.15) is 17.2 Å². The summed E-state index contributed by atoms with van der Waals surface area (Å²) in [5.74, 6) is 0.909. The van der Waals surface area contributed by atoms with E-state index in [2.05, 4.69) is 40.6 Å². The number of anilines is 1. The third-order valence-electron chi connectivity index (χ3n) is 5.87. The Bertz CT molecular complexity index is 1560. The highest BCUT2D eigenvalue weighted by Gasteiger charge is 2.15. The minimum absolute atomic E-state index is 0.250. The van der Waals surface area contributed by atoms with Crippen molar-refractivity contribution >= 4 is 39.0 Å². The number of nitrogens with one attached hydrogen (secondary N) is 1. The van der Waals surface area contributed by atoms with Crippen molar-refractivity contribution < 1.29 is 13.9 Å². The molecular weight excluding hydrogens is 424 g/mol. The van der Waals surface area contributed by atoms with E-state index in [1.54, 1.807) is 25.5 Å². The monoisotopic (exact) mass is 448 g/mol. The third-order valence-corrected chi connectivity index (χ3v) is 5.87. The topological polar surface area (TPSA) is 64.4 Å². The van der Waals surface area contributed by atoms with Crippen LogP contribution in [0, 0.1) is 6.92 Å². The molecule has 0 unspecified atom stereocenters. The number of nitrogens with zero attached hydrogens (tertiary/aromatic N) is 1. The maximum absolute atomic E-state index is 12.6. The molecule has 0 aliphatic rings. The van der Waals surface area contributed by atoms with Gasteiger partial charge in [0.2, 0.25) is 5.91 Å². The summed E-state index contributed by atoms with van der Waals surface area (Å²) in [6, 6.07) is 24.0. The Kier molecular flexibility index (Phi) is 5.60. The lowest BCUT2D eigenvalue weighted by molar-refractivity contribution is -0.111. The number of amides is 1. The molecule has 0 saturated carbocycles. The van der Waals surface area contributed by atoms with E-state index < -0.39 is 0 Å². The normalized spacial score (nSPS) is 11.7. The number of fused-ring (bicyclic) bond motifs is 2. The molecule has 2 aromatic heterocycles. The second-order valence-corrected chi connectivity index (χ2v) is 8.24. The largest absolute Gasteiger partial charge is 0.496 e. The van der Waals surface area contributed by atoms with Crippen molar-refractivity contribution in [2.75, 3.05) is 12.4 Å². The molecule has 3 aromatic carbocycles. The first-order valence-corrected chi connectivity index (χ1v) is 11.0. The number of hydrogen-bond acceptors (Lipinski definition) is 4. The zero-order chi connectivity index (χ0) is 23.7. The fourth-order valence-corrected chi connectivity index (χ4v) is 4.16. The molecule has 0 fully saturated rings. The predicted octanol–water partition coefficient (Wildman–Crippen LogP) is 7.01. The van der Waals surface area contributed by atoms with Gasteiger partial charge in [0.15, 0.2) is 0 Å². The molecule has 0 bridgehead atoms. The Morgan fingerprint density at radius 3 is 2.62 bits per heavy atom. The van der Waals surface area contributed by atoms with E-state index in [-0.39, 0.29) is 5.91 Å². The van der Waals surface area contributed by atoms with E-state index in [9.17, 15) is 4.79 Å². The molecule has 5 rings (SSSR count). The van der Waals surface area contributed by atoms with Crippen LogP contribution in [-0.2, 0) is 4.79 Å². The summed E-state index contributed by atoms with van der Waals surface area (Å²) in [5, 5.41) is 6.14. The average molecular weight is 449 g/mol. The molecule has 2 heterocycles. The molecule has 0 spiro atoms. The van der Waals surface area contributed by atoms with Crippen molar-refractivity contribution in [2.24, 2.45) is 0 Å². The summed E-state index contributed by atoms with van der Waals surface area (Å²) in [5.41, 5.74) is 5.22. The standard InChI is InChI=1S/C29H24N2O3/c1-18(13-29(32)31-28-10-6-7-19(2)30-28)23-15-24-25(17-34-27(24)16-26(23)33-3)22-12-11-20-8-4-5-9-21(20)14-22/h4-17H,1-3H3,(H,30,31,32)/b18-13+. The van der Waals surface area contributed by atoms with E-state index in [0.29, 0.717) is 11.6 Å². The second kappa shape index (κ2) is 8.87. The van der Waals surface area contributed by atoms with Crippen LogP contribution in [0.2, 0.25) is 0 Å². The first-order valence-electron chi connectivity index (χ1n) is 11.0. The van der Waals surface area contributed by atoms with Crippen LogP contribution in [0.5, 0.6) is 5.75 Å². The number of hydrogen-bond donors (Lipinski definition) is 1. The van der Waals surface area contributed by atoms with Gasteiger partial charge in [-0.05, 0) is 60.0 Å². The molecular formula is C29H24N2O3. The number of carbonyl (C=O) groups is 1. The molecule has 0 radical (unpaired) electrons. The summed E-state index contributed by atoms with van der Waals surface area (Å²) in [6.07, 6.45) is 3.33. The van der Waals surface area contributed by atoms with Crippen LogP contribution < -0.4 is 10.1 Å². The van der Waals surface area contributed by atoms with Gasteiger partial charge in [-0.3, -0.25) is 4.79 Å². The van der Waals surface area contributed by atoms with Gasteiger partial charge >= 0.3 is 0 Å². The number of rotatable bonds is 5. The lowest BCUT2D eigenvalue weighted by atomic mass is 9.97. The van der Waals surface area contributed by atoms with E-state index in [0.717, 1.165) is 38.9 Å². The average Bonchev–Trinajstić information content (AvgIpc) is 3.25. The number of furan rings is 1. The number of ether oxygens (including phenoxy) is 1. The summed E-state index contributed by atoms with van der Waals surface area (Å²) in [6.45, 7) is 3.78. The number of aryl methyl sites for hydroxylation is 1. The number of benzene rings is 3. The molecule has 5 heteroatoms. The van der Waals surface area contributed by atoms with Crippen molar-refractivity contribution in [1.29, 1.82) is 0 Å². The van der Waals surface area contributed by atoms with Crippen molar-refractivity contribution in [3.8, 4) is 16.9 Å². The van der Waals surface area contributed by atoms with Crippen molar-refractivity contribution in [2.45, 2.75) is 13.8 Å². The van der Waals surface area contributed by atoms with Gasteiger partial charge in [0, 0.05) is 34.3 Å². The van der Waals surface area contributed by atoms with Gasteiger partial charge in [-0.15, -0.1) is 0 Å². The first kappa shape index (κ1) is 21.5. The van der Waals surface area contributed by atoms with Crippen LogP contribution in [-0.4, -0.2) is 18.0 Å². The van der Waals surface area contributed by atoms with Gasteiger partial charge in [-0.1, -0.05) is 42.5 Å². The lowest BCUT2D eigenvalue weighted by Crippen LogP contribution is -2.10. The number of carbonyl (C=O) groups excluding carboxylic acids is 1. The van der Waals surface area contributed by atoms with Crippen LogP contribution in [0.1, 0.15) is 18.2 Å². The quantitative estimate of drug-likeness (QED) is 0.294. The smallest absolute Gasteiger partial charge is 0.249 e. The Balaban J connectivity index is 1.53. The number of aromatic nitrogens is 1. The molecule has 34 heavy (non-hydrogen) atoms. The van der Waals surface area contributed by atoms with Gasteiger partial charge in [-0.2, -0.15) is 0 Å². The SMILES string of the molecule is COc1cc2occ(-c3ccc4ccccc4c3)c2cc1/C(C)=C/C(=O)Nc1cccc(C)n1. The Hall–Kier alpha value is -4.38. The first-order chi connectivity index (χ1) is 16.5. The Labute approximate surface area is 197 Å². The highest BCUT2D eigenvalue weighted by Crippen LogP contribution is 2.38. The fraction of sp³-hybridized carbons (Fsp3) is 0.103. The molecule has 168 valence electrons. The zero-order valence-corrected chi connectivity index (χ0v) is 19.3. The van der Waals surface area contributed by atoms with Gasteiger partial charge < -0.3 is 14.5 Å².